The molecule has 10 heteroatoms. The molecule has 8 atom stereocenters. The molecule has 0 aromatic carbocycles. The Kier molecular flexibility index (Phi) is 4.61. The van der Waals surface area contributed by atoms with Gasteiger partial charge in [0.2, 0.25) is 23.6 Å². The Balaban J connectivity index is 0.000000145. The third-order valence-electron chi connectivity index (χ3n) is 6.54. The van der Waals surface area contributed by atoms with Crippen molar-refractivity contribution in [2.24, 2.45) is 11.8 Å². The quantitative estimate of drug-likeness (QED) is 0.507. The molecule has 3 aliphatic heterocycles. The summed E-state index contributed by atoms with van der Waals surface area (Å²) < 4.78 is 11.5. The molecule has 29 heavy (non-hydrogen) atoms. The second-order valence-corrected chi connectivity index (χ2v) is 8.82. The Bertz CT molecular complexity index is 782. The van der Waals surface area contributed by atoms with Gasteiger partial charge in [-0.2, -0.15) is 0 Å². The number of hydrogen-bond donors (Lipinski definition) is 2. The molecule has 8 unspecified atom stereocenters. The molecule has 5 aliphatic rings. The molecular formula is C19H26N2O8. The molecule has 2 N–H and O–H groups in total. The number of amides is 4. The number of aliphatic hydroxyl groups excluding tert-OH is 2. The van der Waals surface area contributed by atoms with Crippen LogP contribution in [0.4, 0.5) is 0 Å². The average molecular weight is 410 g/mol. The van der Waals surface area contributed by atoms with Gasteiger partial charge in [-0.15, -0.1) is 0 Å². The maximum Gasteiger partial charge on any atom is 0.235 e. The van der Waals surface area contributed by atoms with Crippen LogP contribution in [0.3, 0.4) is 0 Å². The third-order valence-corrected chi connectivity index (χ3v) is 6.54. The minimum absolute atomic E-state index is 0.0972. The van der Waals surface area contributed by atoms with Crippen LogP contribution in [0.25, 0.3) is 0 Å². The van der Waals surface area contributed by atoms with E-state index < -0.39 is 30.0 Å². The summed E-state index contributed by atoms with van der Waals surface area (Å²) in [6.07, 6.45) is -1.19. The van der Waals surface area contributed by atoms with Crippen LogP contribution in [0.1, 0.15) is 40.5 Å². The van der Waals surface area contributed by atoms with E-state index in [4.69, 9.17) is 9.47 Å². The highest BCUT2D eigenvalue weighted by Crippen LogP contribution is 2.48. The van der Waals surface area contributed by atoms with Gasteiger partial charge in [0.05, 0.1) is 30.0 Å². The van der Waals surface area contributed by atoms with Crippen LogP contribution in [0, 0.1) is 11.8 Å². The van der Waals surface area contributed by atoms with Crippen molar-refractivity contribution in [2.75, 3.05) is 0 Å². The summed E-state index contributed by atoms with van der Waals surface area (Å²) in [5.74, 6) is -2.41. The van der Waals surface area contributed by atoms with E-state index in [-0.39, 0.29) is 47.8 Å². The lowest BCUT2D eigenvalue weighted by molar-refractivity contribution is -0.157. The zero-order valence-electron chi connectivity index (χ0n) is 16.8. The van der Waals surface area contributed by atoms with E-state index in [1.807, 2.05) is 13.8 Å². The second kappa shape index (κ2) is 6.56. The molecule has 0 aromatic heterocycles. The molecule has 2 saturated carbocycles. The van der Waals surface area contributed by atoms with Crippen molar-refractivity contribution in [1.29, 1.82) is 0 Å². The van der Waals surface area contributed by atoms with Crippen molar-refractivity contribution >= 4 is 23.6 Å². The number of carbonyl (C=O) groups is 4. The number of aliphatic hydroxyl groups is 2. The molecule has 3 saturated heterocycles. The third kappa shape index (κ3) is 2.92. The molecule has 5 fully saturated rings. The van der Waals surface area contributed by atoms with E-state index in [9.17, 15) is 29.4 Å². The second-order valence-electron chi connectivity index (χ2n) is 8.82. The molecule has 10 nitrogen and oxygen atoms in total. The smallest absolute Gasteiger partial charge is 0.235 e. The maximum atomic E-state index is 11.9. The van der Waals surface area contributed by atoms with Gasteiger partial charge in [-0.1, -0.05) is 0 Å². The molecule has 4 amide bonds. The zero-order valence-corrected chi connectivity index (χ0v) is 16.8. The number of rotatable bonds is 0. The molecule has 0 spiro atoms. The SMILES string of the molecule is CC(=O)N1C(=O)C2CC1C(O)C2O.CC(=O)N1C(=O)C2CC1C1OC(C)(C)OC21. The fraction of sp³-hybridized carbons (Fsp3) is 0.789. The number of nitrogens with zero attached hydrogens (tertiary/aromatic N) is 2. The summed E-state index contributed by atoms with van der Waals surface area (Å²) in [5, 5.41) is 18.8. The van der Waals surface area contributed by atoms with Crippen LogP contribution in [0.5, 0.6) is 0 Å². The Labute approximate surface area is 167 Å². The molecule has 0 aromatic rings. The lowest BCUT2D eigenvalue weighted by Crippen LogP contribution is -2.53. The first-order valence-corrected chi connectivity index (χ1v) is 9.83. The van der Waals surface area contributed by atoms with E-state index in [2.05, 4.69) is 0 Å². The number of likely N-dealkylation sites (tertiary alicyclic amines) is 2. The zero-order chi connectivity index (χ0) is 21.4. The molecule has 3 heterocycles. The van der Waals surface area contributed by atoms with Crippen molar-refractivity contribution in [3.8, 4) is 0 Å². The van der Waals surface area contributed by atoms with Crippen molar-refractivity contribution in [2.45, 2.75) is 82.8 Å². The van der Waals surface area contributed by atoms with Gasteiger partial charge in [0.15, 0.2) is 5.79 Å². The predicted molar refractivity (Wildman–Crippen MR) is 94.7 cm³/mol. The minimum atomic E-state index is -0.993. The van der Waals surface area contributed by atoms with E-state index >= 15 is 0 Å². The number of ether oxygens (including phenoxy) is 2. The Hall–Kier alpha value is -1.88. The first-order valence-electron chi connectivity index (χ1n) is 9.83. The van der Waals surface area contributed by atoms with Crippen LogP contribution in [-0.2, 0) is 28.7 Å². The molecule has 160 valence electrons. The minimum Gasteiger partial charge on any atom is -0.390 e. The number of fused-ring (bicyclic) bond motifs is 7. The molecule has 5 rings (SSSR count). The maximum absolute atomic E-state index is 11.9. The Morgan fingerprint density at radius 2 is 1.34 bits per heavy atom. The van der Waals surface area contributed by atoms with Crippen molar-refractivity contribution in [3.63, 3.8) is 0 Å². The van der Waals surface area contributed by atoms with E-state index in [0.29, 0.717) is 12.8 Å². The normalized spacial score (nSPS) is 43.5. The highest BCUT2D eigenvalue weighted by Gasteiger charge is 2.64. The number of carbonyl (C=O) groups excluding carboxylic acids is 4. The van der Waals surface area contributed by atoms with Crippen molar-refractivity contribution in [3.05, 3.63) is 0 Å². The largest absolute Gasteiger partial charge is 0.390 e. The first-order chi connectivity index (χ1) is 13.4. The van der Waals surface area contributed by atoms with Gasteiger partial charge in [0, 0.05) is 13.8 Å². The summed E-state index contributed by atoms with van der Waals surface area (Å²) in [6.45, 7) is 6.40. The van der Waals surface area contributed by atoms with Crippen LogP contribution in [0.2, 0.25) is 0 Å². The average Bonchev–Trinajstić information content (AvgIpc) is 3.34. The highest BCUT2D eigenvalue weighted by molar-refractivity contribution is 5.99. The van der Waals surface area contributed by atoms with E-state index in [1.165, 1.54) is 18.7 Å². The standard InChI is InChI=1S/C11H15NO4.C8H11NO4/c1-5(13)12-7-4-6(10(12)14)8-9(7)16-11(2,3)15-8;1-3(10)9-5-2-4(8(9)13)6(11)7(5)12/h6-9H,4H2,1-3H3;4-7,11-12H,2H2,1H3. The van der Waals surface area contributed by atoms with Crippen molar-refractivity contribution < 1.29 is 38.9 Å². The van der Waals surface area contributed by atoms with Gasteiger partial charge in [0.1, 0.15) is 18.3 Å². The summed E-state index contributed by atoms with van der Waals surface area (Å²) in [7, 11) is 0. The summed E-state index contributed by atoms with van der Waals surface area (Å²) >= 11 is 0. The predicted octanol–water partition coefficient (Wildman–Crippen LogP) is -1.23. The number of imide groups is 2. The van der Waals surface area contributed by atoms with E-state index in [1.54, 1.807) is 0 Å². The fourth-order valence-electron chi connectivity index (χ4n) is 5.42. The molecular weight excluding hydrogens is 384 g/mol. The van der Waals surface area contributed by atoms with Gasteiger partial charge < -0.3 is 19.7 Å². The summed E-state index contributed by atoms with van der Waals surface area (Å²) in [6, 6.07) is -0.633. The lowest BCUT2D eigenvalue weighted by atomic mass is 10.0. The molecule has 0 radical (unpaired) electrons. The van der Waals surface area contributed by atoms with Crippen LogP contribution < -0.4 is 0 Å². The summed E-state index contributed by atoms with van der Waals surface area (Å²) in [5.41, 5.74) is 0. The lowest BCUT2D eigenvalue weighted by Gasteiger charge is -2.30. The van der Waals surface area contributed by atoms with Gasteiger partial charge in [-0.05, 0) is 26.7 Å². The topological polar surface area (TPSA) is 134 Å². The molecule has 2 aliphatic carbocycles. The first kappa shape index (κ1) is 20.4. The number of piperidine rings is 2. The van der Waals surface area contributed by atoms with Gasteiger partial charge in [-0.25, -0.2) is 0 Å². The monoisotopic (exact) mass is 410 g/mol. The van der Waals surface area contributed by atoms with Gasteiger partial charge in [-0.3, -0.25) is 29.0 Å². The molecule has 4 bridgehead atoms. The van der Waals surface area contributed by atoms with Gasteiger partial charge in [0.25, 0.3) is 0 Å². The van der Waals surface area contributed by atoms with Gasteiger partial charge >= 0.3 is 0 Å². The summed E-state index contributed by atoms with van der Waals surface area (Å²) in [4.78, 5) is 48.1. The van der Waals surface area contributed by atoms with E-state index in [0.717, 1.165) is 4.90 Å². The Morgan fingerprint density at radius 3 is 1.90 bits per heavy atom. The Morgan fingerprint density at radius 1 is 0.862 bits per heavy atom. The highest BCUT2D eigenvalue weighted by atomic mass is 16.8. The number of hydrogen-bond acceptors (Lipinski definition) is 8. The fourth-order valence-corrected chi connectivity index (χ4v) is 5.42. The van der Waals surface area contributed by atoms with Crippen molar-refractivity contribution in [1.82, 2.24) is 9.80 Å². The van der Waals surface area contributed by atoms with Crippen LogP contribution >= 0.6 is 0 Å². The van der Waals surface area contributed by atoms with Crippen LogP contribution in [-0.4, -0.2) is 85.9 Å². The van der Waals surface area contributed by atoms with Crippen LogP contribution in [0.15, 0.2) is 0 Å².